The second-order valence-corrected chi connectivity index (χ2v) is 3.81. The van der Waals surface area contributed by atoms with E-state index < -0.39 is 5.97 Å². The third-order valence-corrected chi connectivity index (χ3v) is 2.79. The Bertz CT molecular complexity index is 413. The number of benzene rings is 1. The molecule has 4 heteroatoms. The highest BCUT2D eigenvalue weighted by atomic mass is 35.5. The van der Waals surface area contributed by atoms with Crippen molar-refractivity contribution in [3.8, 4) is 5.75 Å². The number of esters is 1. The fourth-order valence-corrected chi connectivity index (χ4v) is 2.08. The summed E-state index contributed by atoms with van der Waals surface area (Å²) in [5.74, 6) is -0.254. The summed E-state index contributed by atoms with van der Waals surface area (Å²) in [4.78, 5) is 11.6. The van der Waals surface area contributed by atoms with Gasteiger partial charge in [0.15, 0.2) is 0 Å². The van der Waals surface area contributed by atoms with Crippen LogP contribution in [0.5, 0.6) is 5.75 Å². The van der Waals surface area contributed by atoms with Crippen LogP contribution in [-0.4, -0.2) is 17.7 Å². The van der Waals surface area contributed by atoms with Crippen molar-refractivity contribution in [1.29, 1.82) is 0 Å². The van der Waals surface area contributed by atoms with Crippen LogP contribution in [0.25, 0.3) is 0 Å². The third kappa shape index (κ3) is 2.30. The quantitative estimate of drug-likeness (QED) is 0.655. The number of aromatic hydroxyl groups is 1. The first-order valence-electron chi connectivity index (χ1n) is 5.08. The Hall–Kier alpha value is -1.22. The fourth-order valence-electron chi connectivity index (χ4n) is 1.67. The highest BCUT2D eigenvalue weighted by Crippen LogP contribution is 2.29. The van der Waals surface area contributed by atoms with E-state index in [9.17, 15) is 9.90 Å². The van der Waals surface area contributed by atoms with Gasteiger partial charge in [-0.25, -0.2) is 4.79 Å². The molecule has 1 aromatic rings. The van der Waals surface area contributed by atoms with Crippen LogP contribution < -0.4 is 0 Å². The van der Waals surface area contributed by atoms with Crippen LogP contribution >= 0.6 is 11.6 Å². The monoisotopic (exact) mass is 242 g/mol. The van der Waals surface area contributed by atoms with Gasteiger partial charge in [-0.15, -0.1) is 11.6 Å². The number of hydrogen-bond acceptors (Lipinski definition) is 3. The van der Waals surface area contributed by atoms with E-state index in [0.717, 1.165) is 11.1 Å². The van der Waals surface area contributed by atoms with Gasteiger partial charge in [0.1, 0.15) is 11.3 Å². The van der Waals surface area contributed by atoms with Gasteiger partial charge in [-0.3, -0.25) is 0 Å². The fraction of sp³-hybridized carbons (Fsp3) is 0.417. The maximum absolute atomic E-state index is 11.6. The largest absolute Gasteiger partial charge is 0.507 e. The number of aryl methyl sites for hydroxylation is 1. The number of phenols is 1. The minimum absolute atomic E-state index is 0.0534. The maximum atomic E-state index is 11.6. The van der Waals surface area contributed by atoms with Gasteiger partial charge in [0, 0.05) is 5.88 Å². The molecule has 0 aromatic heterocycles. The molecule has 1 aromatic carbocycles. The van der Waals surface area contributed by atoms with Crippen molar-refractivity contribution in [2.45, 2.75) is 26.7 Å². The van der Waals surface area contributed by atoms with Gasteiger partial charge in [-0.1, -0.05) is 0 Å². The van der Waals surface area contributed by atoms with Crippen LogP contribution in [0.4, 0.5) is 0 Å². The summed E-state index contributed by atoms with van der Waals surface area (Å²) >= 11 is 5.81. The first-order chi connectivity index (χ1) is 7.52. The van der Waals surface area contributed by atoms with Crippen LogP contribution in [-0.2, 0) is 10.6 Å². The number of hydrogen-bond donors (Lipinski definition) is 1. The van der Waals surface area contributed by atoms with Gasteiger partial charge in [0.25, 0.3) is 0 Å². The Labute approximate surface area is 100.0 Å². The van der Waals surface area contributed by atoms with Crippen LogP contribution in [0.2, 0.25) is 0 Å². The minimum atomic E-state index is -0.510. The Morgan fingerprint density at radius 1 is 1.50 bits per heavy atom. The van der Waals surface area contributed by atoms with E-state index in [4.69, 9.17) is 16.3 Å². The first kappa shape index (κ1) is 12.8. The summed E-state index contributed by atoms with van der Waals surface area (Å²) < 4.78 is 4.89. The number of halogens is 1. The molecule has 0 atom stereocenters. The second kappa shape index (κ2) is 5.21. The molecule has 88 valence electrons. The molecular weight excluding hydrogens is 228 g/mol. The summed E-state index contributed by atoms with van der Waals surface area (Å²) in [7, 11) is 0. The standard InChI is InChI=1S/C12H15ClO3/c1-4-16-12(15)11-8(3)9(6-13)7(2)5-10(11)14/h5,14H,4,6H2,1-3H3. The lowest BCUT2D eigenvalue weighted by atomic mass is 9.97. The zero-order chi connectivity index (χ0) is 12.3. The van der Waals surface area contributed by atoms with E-state index in [-0.39, 0.29) is 17.9 Å². The van der Waals surface area contributed by atoms with E-state index in [0.29, 0.717) is 11.4 Å². The first-order valence-corrected chi connectivity index (χ1v) is 5.61. The molecule has 1 rings (SSSR count). The Balaban J connectivity index is 3.33. The SMILES string of the molecule is CCOC(=O)c1c(O)cc(C)c(CCl)c1C. The normalized spacial score (nSPS) is 10.2. The zero-order valence-electron chi connectivity index (χ0n) is 9.63. The van der Waals surface area contributed by atoms with Crippen LogP contribution in [0.3, 0.4) is 0 Å². The average Bonchev–Trinajstić information content (AvgIpc) is 2.17. The Kier molecular flexibility index (Phi) is 4.19. The lowest BCUT2D eigenvalue weighted by Crippen LogP contribution is -2.09. The molecule has 3 nitrogen and oxygen atoms in total. The molecule has 0 saturated heterocycles. The van der Waals surface area contributed by atoms with Gasteiger partial charge in [-0.2, -0.15) is 0 Å². The number of phenolic OH excluding ortho intramolecular Hbond substituents is 1. The van der Waals surface area contributed by atoms with Crippen molar-refractivity contribution in [3.05, 3.63) is 28.3 Å². The van der Waals surface area contributed by atoms with E-state index in [2.05, 4.69) is 0 Å². The van der Waals surface area contributed by atoms with E-state index in [1.165, 1.54) is 6.07 Å². The average molecular weight is 243 g/mol. The van der Waals surface area contributed by atoms with Gasteiger partial charge >= 0.3 is 5.97 Å². The maximum Gasteiger partial charge on any atom is 0.342 e. The van der Waals surface area contributed by atoms with Crippen LogP contribution in [0.1, 0.15) is 34.0 Å². The summed E-state index contributed by atoms with van der Waals surface area (Å²) in [5, 5.41) is 9.75. The van der Waals surface area contributed by atoms with Crippen LogP contribution in [0.15, 0.2) is 6.07 Å². The zero-order valence-corrected chi connectivity index (χ0v) is 10.4. The smallest absolute Gasteiger partial charge is 0.342 e. The van der Waals surface area contributed by atoms with Crippen molar-refractivity contribution < 1.29 is 14.6 Å². The highest BCUT2D eigenvalue weighted by molar-refractivity contribution is 6.17. The van der Waals surface area contributed by atoms with E-state index in [1.54, 1.807) is 13.8 Å². The minimum Gasteiger partial charge on any atom is -0.507 e. The third-order valence-electron chi connectivity index (χ3n) is 2.53. The summed E-state index contributed by atoms with van der Waals surface area (Å²) in [6, 6.07) is 1.54. The van der Waals surface area contributed by atoms with Gasteiger partial charge in [0.05, 0.1) is 6.61 Å². The molecule has 0 aliphatic carbocycles. The molecule has 16 heavy (non-hydrogen) atoms. The molecule has 0 aliphatic heterocycles. The van der Waals surface area contributed by atoms with Crippen molar-refractivity contribution in [2.75, 3.05) is 6.61 Å². The predicted octanol–water partition coefficient (Wildman–Crippen LogP) is 2.92. The molecule has 0 amide bonds. The lowest BCUT2D eigenvalue weighted by molar-refractivity contribution is 0.0522. The summed E-state index contributed by atoms with van der Waals surface area (Å²) in [6.45, 7) is 5.61. The topological polar surface area (TPSA) is 46.5 Å². The molecule has 0 radical (unpaired) electrons. The number of carbonyl (C=O) groups excluding carboxylic acids is 1. The molecule has 0 bridgehead atoms. The van der Waals surface area contributed by atoms with Crippen molar-refractivity contribution in [1.82, 2.24) is 0 Å². The molecule has 0 spiro atoms. The van der Waals surface area contributed by atoms with Crippen LogP contribution in [0, 0.1) is 13.8 Å². The predicted molar refractivity (Wildman–Crippen MR) is 63.1 cm³/mol. The number of ether oxygens (including phenoxy) is 1. The molecular formula is C12H15ClO3. The van der Waals surface area contributed by atoms with Gasteiger partial charge in [-0.05, 0) is 43.5 Å². The number of alkyl halides is 1. The van der Waals surface area contributed by atoms with Crippen molar-refractivity contribution >= 4 is 17.6 Å². The van der Waals surface area contributed by atoms with E-state index >= 15 is 0 Å². The lowest BCUT2D eigenvalue weighted by Gasteiger charge is -2.13. The summed E-state index contributed by atoms with van der Waals surface area (Å²) in [6.07, 6.45) is 0. The molecule has 0 fully saturated rings. The molecule has 0 saturated carbocycles. The molecule has 1 N–H and O–H groups in total. The Morgan fingerprint density at radius 3 is 2.62 bits per heavy atom. The van der Waals surface area contributed by atoms with Crippen molar-refractivity contribution in [3.63, 3.8) is 0 Å². The van der Waals surface area contributed by atoms with E-state index in [1.807, 2.05) is 6.92 Å². The Morgan fingerprint density at radius 2 is 2.12 bits per heavy atom. The second-order valence-electron chi connectivity index (χ2n) is 3.55. The molecule has 0 aliphatic rings. The molecule has 0 unspecified atom stereocenters. The molecule has 0 heterocycles. The number of rotatable bonds is 3. The van der Waals surface area contributed by atoms with Gasteiger partial charge in [0.2, 0.25) is 0 Å². The number of carbonyl (C=O) groups is 1. The summed E-state index contributed by atoms with van der Waals surface area (Å²) in [5.41, 5.74) is 2.63. The van der Waals surface area contributed by atoms with Crippen molar-refractivity contribution in [2.24, 2.45) is 0 Å². The van der Waals surface area contributed by atoms with Gasteiger partial charge < -0.3 is 9.84 Å². The highest BCUT2D eigenvalue weighted by Gasteiger charge is 2.19.